The first-order valence-corrected chi connectivity index (χ1v) is 7.49. The molecule has 20 heavy (non-hydrogen) atoms. The molecule has 2 aliphatic rings. The molecule has 108 valence electrons. The second-order valence-electron chi connectivity index (χ2n) is 5.80. The quantitative estimate of drug-likeness (QED) is 0.878. The molecule has 2 atom stereocenters. The summed E-state index contributed by atoms with van der Waals surface area (Å²) in [5, 5.41) is 6.49. The summed E-state index contributed by atoms with van der Waals surface area (Å²) < 4.78 is 5.73. The minimum atomic E-state index is -0.364. The predicted molar refractivity (Wildman–Crippen MR) is 77.8 cm³/mol. The molecule has 2 heterocycles. The third-order valence-electron chi connectivity index (χ3n) is 4.40. The van der Waals surface area contributed by atoms with Crippen LogP contribution in [0.15, 0.2) is 24.3 Å². The van der Waals surface area contributed by atoms with E-state index in [2.05, 4.69) is 17.6 Å². The number of fused-ring (bicyclic) bond motifs is 1. The number of ether oxygens (including phenoxy) is 1. The molecule has 4 nitrogen and oxygen atoms in total. The lowest BCUT2D eigenvalue weighted by Gasteiger charge is -2.29. The van der Waals surface area contributed by atoms with Crippen LogP contribution >= 0.6 is 0 Å². The predicted octanol–water partition coefficient (Wildman–Crippen LogP) is 1.49. The monoisotopic (exact) mass is 274 g/mol. The van der Waals surface area contributed by atoms with Crippen LogP contribution in [0.1, 0.15) is 25.3 Å². The number of amides is 1. The Labute approximate surface area is 119 Å². The van der Waals surface area contributed by atoms with Crippen LogP contribution in [0.2, 0.25) is 0 Å². The number of hydrogen-bond acceptors (Lipinski definition) is 3. The number of hydrogen-bond donors (Lipinski definition) is 2. The van der Waals surface area contributed by atoms with Gasteiger partial charge in [0.2, 0.25) is 0 Å². The van der Waals surface area contributed by atoms with E-state index in [1.165, 1.54) is 0 Å². The lowest BCUT2D eigenvalue weighted by Crippen LogP contribution is -2.47. The molecule has 1 amide bonds. The van der Waals surface area contributed by atoms with Crippen molar-refractivity contribution in [3.63, 3.8) is 0 Å². The highest BCUT2D eigenvalue weighted by Gasteiger charge is 2.31. The van der Waals surface area contributed by atoms with Crippen LogP contribution in [0, 0.1) is 5.92 Å². The molecule has 1 fully saturated rings. The van der Waals surface area contributed by atoms with Gasteiger partial charge in [0, 0.05) is 12.5 Å². The van der Waals surface area contributed by atoms with E-state index < -0.39 is 0 Å². The van der Waals surface area contributed by atoms with Crippen molar-refractivity contribution in [2.45, 2.75) is 38.3 Å². The molecule has 0 spiro atoms. The van der Waals surface area contributed by atoms with Gasteiger partial charge >= 0.3 is 0 Å². The third-order valence-corrected chi connectivity index (χ3v) is 4.40. The Morgan fingerprint density at radius 1 is 1.35 bits per heavy atom. The van der Waals surface area contributed by atoms with E-state index >= 15 is 0 Å². The molecule has 4 heteroatoms. The van der Waals surface area contributed by atoms with E-state index in [0.717, 1.165) is 37.2 Å². The Hall–Kier alpha value is -1.55. The Morgan fingerprint density at radius 2 is 2.10 bits per heavy atom. The smallest absolute Gasteiger partial charge is 0.261 e. The molecular weight excluding hydrogens is 252 g/mol. The Balaban J connectivity index is 1.55. The molecule has 3 rings (SSSR count). The SMILES string of the molecule is CC(NC(=O)C1Cc2ccccc2O1)C1CCNCC1. The molecule has 0 bridgehead atoms. The number of piperidine rings is 1. The van der Waals surface area contributed by atoms with Crippen molar-refractivity contribution < 1.29 is 9.53 Å². The van der Waals surface area contributed by atoms with Crippen molar-refractivity contribution in [1.82, 2.24) is 10.6 Å². The fourth-order valence-electron chi connectivity index (χ4n) is 3.11. The first-order valence-electron chi connectivity index (χ1n) is 7.49. The minimum Gasteiger partial charge on any atom is -0.480 e. The average Bonchev–Trinajstić information content (AvgIpc) is 2.92. The van der Waals surface area contributed by atoms with Crippen LogP contribution in [0.5, 0.6) is 5.75 Å². The van der Waals surface area contributed by atoms with Gasteiger partial charge in [0.15, 0.2) is 6.10 Å². The fraction of sp³-hybridized carbons (Fsp3) is 0.562. The van der Waals surface area contributed by atoms with Crippen molar-refractivity contribution >= 4 is 5.91 Å². The lowest BCUT2D eigenvalue weighted by molar-refractivity contribution is -0.128. The van der Waals surface area contributed by atoms with Crippen LogP contribution in [0.4, 0.5) is 0 Å². The summed E-state index contributed by atoms with van der Waals surface area (Å²) in [6, 6.07) is 8.10. The lowest BCUT2D eigenvalue weighted by atomic mass is 9.91. The molecule has 1 aromatic carbocycles. The zero-order valence-corrected chi connectivity index (χ0v) is 11.9. The molecular formula is C16H22N2O2. The van der Waals surface area contributed by atoms with Gasteiger partial charge < -0.3 is 15.4 Å². The van der Waals surface area contributed by atoms with E-state index in [1.807, 2.05) is 24.3 Å². The molecule has 0 aromatic heterocycles. The van der Waals surface area contributed by atoms with Crippen molar-refractivity contribution in [1.29, 1.82) is 0 Å². The number of carbonyl (C=O) groups excluding carboxylic acids is 1. The minimum absolute atomic E-state index is 0.0206. The van der Waals surface area contributed by atoms with Crippen molar-refractivity contribution in [3.8, 4) is 5.75 Å². The Bertz CT molecular complexity index is 458. The van der Waals surface area contributed by atoms with E-state index in [-0.39, 0.29) is 18.1 Å². The van der Waals surface area contributed by atoms with Gasteiger partial charge in [-0.15, -0.1) is 0 Å². The average molecular weight is 274 g/mol. The fourth-order valence-corrected chi connectivity index (χ4v) is 3.11. The van der Waals surface area contributed by atoms with Gasteiger partial charge in [-0.25, -0.2) is 0 Å². The van der Waals surface area contributed by atoms with Crippen LogP contribution in [-0.2, 0) is 11.2 Å². The zero-order chi connectivity index (χ0) is 13.9. The van der Waals surface area contributed by atoms with Gasteiger partial charge in [-0.3, -0.25) is 4.79 Å². The standard InChI is InChI=1S/C16H22N2O2/c1-11(12-6-8-17-9-7-12)18-16(19)15-10-13-4-2-3-5-14(13)20-15/h2-5,11-12,15,17H,6-10H2,1H3,(H,18,19). The molecule has 0 aliphatic carbocycles. The maximum Gasteiger partial charge on any atom is 0.261 e. The Morgan fingerprint density at radius 3 is 2.85 bits per heavy atom. The number of nitrogens with one attached hydrogen (secondary N) is 2. The highest BCUT2D eigenvalue weighted by Crippen LogP contribution is 2.28. The summed E-state index contributed by atoms with van der Waals surface area (Å²) in [6.45, 7) is 4.21. The zero-order valence-electron chi connectivity index (χ0n) is 11.9. The number of rotatable bonds is 3. The maximum absolute atomic E-state index is 12.3. The molecule has 2 unspecified atom stereocenters. The normalized spacial score (nSPS) is 23.8. The van der Waals surface area contributed by atoms with E-state index in [0.29, 0.717) is 12.3 Å². The topological polar surface area (TPSA) is 50.4 Å². The van der Waals surface area contributed by atoms with Crippen LogP contribution in [0.3, 0.4) is 0 Å². The summed E-state index contributed by atoms with van der Waals surface area (Å²) in [6.07, 6.45) is 2.58. The van der Waals surface area contributed by atoms with Crippen LogP contribution < -0.4 is 15.4 Å². The summed E-state index contributed by atoms with van der Waals surface area (Å²) in [4.78, 5) is 12.3. The van der Waals surface area contributed by atoms with Crippen LogP contribution in [-0.4, -0.2) is 31.1 Å². The van der Waals surface area contributed by atoms with E-state index in [1.54, 1.807) is 0 Å². The molecule has 2 aliphatic heterocycles. The number of carbonyl (C=O) groups is 1. The van der Waals surface area contributed by atoms with Gasteiger partial charge in [0.25, 0.3) is 5.91 Å². The molecule has 0 saturated carbocycles. The van der Waals surface area contributed by atoms with E-state index in [9.17, 15) is 4.79 Å². The van der Waals surface area contributed by atoms with Crippen molar-refractivity contribution in [3.05, 3.63) is 29.8 Å². The summed E-state index contributed by atoms with van der Waals surface area (Å²) in [5.74, 6) is 1.44. The summed E-state index contributed by atoms with van der Waals surface area (Å²) in [5.41, 5.74) is 1.13. The first-order chi connectivity index (χ1) is 9.74. The maximum atomic E-state index is 12.3. The van der Waals surface area contributed by atoms with Gasteiger partial charge in [0.05, 0.1) is 0 Å². The van der Waals surface area contributed by atoms with Gasteiger partial charge in [-0.05, 0) is 50.4 Å². The second kappa shape index (κ2) is 5.83. The van der Waals surface area contributed by atoms with Crippen molar-refractivity contribution in [2.75, 3.05) is 13.1 Å². The highest BCUT2D eigenvalue weighted by atomic mass is 16.5. The molecule has 1 saturated heterocycles. The summed E-state index contributed by atoms with van der Waals surface area (Å²) in [7, 11) is 0. The van der Waals surface area contributed by atoms with Crippen molar-refractivity contribution in [2.24, 2.45) is 5.92 Å². The highest BCUT2D eigenvalue weighted by molar-refractivity contribution is 5.82. The third kappa shape index (κ3) is 2.80. The second-order valence-corrected chi connectivity index (χ2v) is 5.80. The number of para-hydroxylation sites is 1. The van der Waals surface area contributed by atoms with Gasteiger partial charge in [-0.1, -0.05) is 18.2 Å². The van der Waals surface area contributed by atoms with Crippen LogP contribution in [0.25, 0.3) is 0 Å². The summed E-state index contributed by atoms with van der Waals surface area (Å²) >= 11 is 0. The largest absolute Gasteiger partial charge is 0.480 e. The first kappa shape index (κ1) is 13.4. The van der Waals surface area contributed by atoms with Gasteiger partial charge in [-0.2, -0.15) is 0 Å². The van der Waals surface area contributed by atoms with E-state index in [4.69, 9.17) is 4.74 Å². The van der Waals surface area contributed by atoms with Gasteiger partial charge in [0.1, 0.15) is 5.75 Å². The molecule has 1 aromatic rings. The Kier molecular flexibility index (Phi) is 3.92. The molecule has 2 N–H and O–H groups in total. The molecule has 0 radical (unpaired) electrons. The number of benzene rings is 1.